The second-order valence-electron chi connectivity index (χ2n) is 4.52. The second-order valence-corrected chi connectivity index (χ2v) is 5.03. The summed E-state index contributed by atoms with van der Waals surface area (Å²) < 4.78 is 13.5. The zero-order valence-electron chi connectivity index (χ0n) is 11.2. The summed E-state index contributed by atoms with van der Waals surface area (Å²) in [6, 6.07) is 12.2. The number of hydrogen-bond acceptors (Lipinski definition) is 2. The molecule has 0 spiro atoms. The van der Waals surface area contributed by atoms with Crippen LogP contribution >= 0.6 is 12.6 Å². The minimum atomic E-state index is -0.540. The molecule has 4 heteroatoms. The van der Waals surface area contributed by atoms with E-state index in [0.29, 0.717) is 11.4 Å². The highest BCUT2D eigenvalue weighted by Gasteiger charge is 2.11. The molecule has 0 saturated heterocycles. The van der Waals surface area contributed by atoms with Crippen LogP contribution in [0.3, 0.4) is 0 Å². The first-order valence-corrected chi connectivity index (χ1v) is 6.89. The van der Waals surface area contributed by atoms with Gasteiger partial charge < -0.3 is 5.32 Å². The molecule has 0 unspecified atom stereocenters. The largest absolute Gasteiger partial charge is 0.348 e. The summed E-state index contributed by atoms with van der Waals surface area (Å²) in [7, 11) is 0. The SMILES string of the molecule is CCc1ccc(CNC(=O)c2cc(S)ccc2F)cc1. The van der Waals surface area contributed by atoms with E-state index in [1.807, 2.05) is 24.3 Å². The van der Waals surface area contributed by atoms with Gasteiger partial charge in [-0.1, -0.05) is 31.2 Å². The van der Waals surface area contributed by atoms with Crippen molar-refractivity contribution in [2.75, 3.05) is 0 Å². The smallest absolute Gasteiger partial charge is 0.254 e. The minimum absolute atomic E-state index is 0.0164. The molecule has 0 aromatic heterocycles. The lowest BCUT2D eigenvalue weighted by molar-refractivity contribution is 0.0946. The van der Waals surface area contributed by atoms with Crippen LogP contribution in [0.15, 0.2) is 47.4 Å². The first kappa shape index (κ1) is 14.6. The Morgan fingerprint density at radius 1 is 1.15 bits per heavy atom. The Morgan fingerprint density at radius 3 is 2.45 bits per heavy atom. The van der Waals surface area contributed by atoms with Crippen LogP contribution in [0.2, 0.25) is 0 Å². The number of thiol groups is 1. The molecule has 2 aromatic carbocycles. The van der Waals surface area contributed by atoms with Crippen LogP contribution in [0.4, 0.5) is 4.39 Å². The van der Waals surface area contributed by atoms with E-state index in [9.17, 15) is 9.18 Å². The van der Waals surface area contributed by atoms with Gasteiger partial charge in [-0.3, -0.25) is 4.79 Å². The molecular formula is C16H16FNOS. The number of benzene rings is 2. The zero-order valence-corrected chi connectivity index (χ0v) is 12.1. The summed E-state index contributed by atoms with van der Waals surface area (Å²) >= 11 is 4.11. The molecule has 0 aliphatic carbocycles. The maximum atomic E-state index is 13.5. The van der Waals surface area contributed by atoms with Gasteiger partial charge in [0, 0.05) is 11.4 Å². The average molecular weight is 289 g/mol. The van der Waals surface area contributed by atoms with Crippen molar-refractivity contribution in [1.29, 1.82) is 0 Å². The van der Waals surface area contributed by atoms with Gasteiger partial charge in [-0.25, -0.2) is 4.39 Å². The fraction of sp³-hybridized carbons (Fsp3) is 0.188. The van der Waals surface area contributed by atoms with Gasteiger partial charge in [0.1, 0.15) is 5.82 Å². The molecule has 2 rings (SSSR count). The summed E-state index contributed by atoms with van der Waals surface area (Å²) in [5.74, 6) is -0.973. The fourth-order valence-corrected chi connectivity index (χ4v) is 2.06. The minimum Gasteiger partial charge on any atom is -0.348 e. The molecule has 0 aliphatic heterocycles. The number of hydrogen-bond donors (Lipinski definition) is 2. The van der Waals surface area contributed by atoms with Gasteiger partial charge in [0.25, 0.3) is 5.91 Å². The summed E-state index contributed by atoms with van der Waals surface area (Å²) in [5.41, 5.74) is 2.24. The van der Waals surface area contributed by atoms with Crippen molar-refractivity contribution in [3.05, 3.63) is 65.0 Å². The van der Waals surface area contributed by atoms with Gasteiger partial charge in [-0.15, -0.1) is 12.6 Å². The van der Waals surface area contributed by atoms with E-state index in [2.05, 4.69) is 24.9 Å². The second kappa shape index (κ2) is 6.57. The van der Waals surface area contributed by atoms with Crippen molar-refractivity contribution < 1.29 is 9.18 Å². The Morgan fingerprint density at radius 2 is 1.80 bits per heavy atom. The Kier molecular flexibility index (Phi) is 4.79. The third-order valence-electron chi connectivity index (χ3n) is 3.08. The van der Waals surface area contributed by atoms with Gasteiger partial charge in [0.2, 0.25) is 0 Å². The molecule has 2 aromatic rings. The number of halogens is 1. The Balaban J connectivity index is 2.02. The van der Waals surface area contributed by atoms with E-state index in [4.69, 9.17) is 0 Å². The van der Waals surface area contributed by atoms with E-state index < -0.39 is 11.7 Å². The molecule has 0 atom stereocenters. The van der Waals surface area contributed by atoms with Crippen molar-refractivity contribution in [3.63, 3.8) is 0 Å². The highest BCUT2D eigenvalue weighted by molar-refractivity contribution is 7.80. The van der Waals surface area contributed by atoms with E-state index in [1.54, 1.807) is 0 Å². The zero-order chi connectivity index (χ0) is 14.5. The number of carbonyl (C=O) groups is 1. The lowest BCUT2D eigenvalue weighted by Gasteiger charge is -2.07. The summed E-state index contributed by atoms with van der Waals surface area (Å²) in [6.45, 7) is 2.46. The summed E-state index contributed by atoms with van der Waals surface area (Å²) in [5, 5.41) is 2.71. The monoisotopic (exact) mass is 289 g/mol. The number of rotatable bonds is 4. The molecule has 0 heterocycles. The number of nitrogens with one attached hydrogen (secondary N) is 1. The maximum absolute atomic E-state index is 13.5. The quantitative estimate of drug-likeness (QED) is 0.827. The van der Waals surface area contributed by atoms with E-state index in [1.165, 1.54) is 23.8 Å². The van der Waals surface area contributed by atoms with Gasteiger partial charge in [0.05, 0.1) is 5.56 Å². The van der Waals surface area contributed by atoms with Gasteiger partial charge in [-0.2, -0.15) is 0 Å². The van der Waals surface area contributed by atoms with Crippen LogP contribution in [-0.2, 0) is 13.0 Å². The van der Waals surface area contributed by atoms with Gasteiger partial charge in [0.15, 0.2) is 0 Å². The van der Waals surface area contributed by atoms with Crippen molar-refractivity contribution in [3.8, 4) is 0 Å². The predicted octanol–water partition coefficient (Wildman–Crippen LogP) is 3.61. The Bertz CT molecular complexity index is 610. The molecule has 2 nitrogen and oxygen atoms in total. The first-order chi connectivity index (χ1) is 9.60. The van der Waals surface area contributed by atoms with Crippen molar-refractivity contribution in [1.82, 2.24) is 5.32 Å². The molecule has 0 aliphatic rings. The highest BCUT2D eigenvalue weighted by Crippen LogP contribution is 2.13. The summed E-state index contributed by atoms with van der Waals surface area (Å²) in [4.78, 5) is 12.5. The Hall–Kier alpha value is -1.81. The third kappa shape index (κ3) is 3.61. The van der Waals surface area contributed by atoms with E-state index >= 15 is 0 Å². The molecule has 20 heavy (non-hydrogen) atoms. The van der Waals surface area contributed by atoms with E-state index in [-0.39, 0.29) is 5.56 Å². The number of amides is 1. The van der Waals surface area contributed by atoms with Crippen LogP contribution in [-0.4, -0.2) is 5.91 Å². The molecule has 0 fully saturated rings. The van der Waals surface area contributed by atoms with Gasteiger partial charge in [-0.05, 0) is 35.7 Å². The molecule has 1 amide bonds. The maximum Gasteiger partial charge on any atom is 0.254 e. The lowest BCUT2D eigenvalue weighted by atomic mass is 10.1. The van der Waals surface area contributed by atoms with Crippen LogP contribution in [0.1, 0.15) is 28.4 Å². The van der Waals surface area contributed by atoms with Crippen LogP contribution in [0, 0.1) is 5.82 Å². The molecule has 0 saturated carbocycles. The normalized spacial score (nSPS) is 10.3. The molecule has 104 valence electrons. The third-order valence-corrected chi connectivity index (χ3v) is 3.36. The summed E-state index contributed by atoms with van der Waals surface area (Å²) in [6.07, 6.45) is 0.979. The molecule has 1 N–H and O–H groups in total. The number of carbonyl (C=O) groups excluding carboxylic acids is 1. The van der Waals surface area contributed by atoms with E-state index in [0.717, 1.165) is 12.0 Å². The molecular weight excluding hydrogens is 273 g/mol. The lowest BCUT2D eigenvalue weighted by Crippen LogP contribution is -2.23. The van der Waals surface area contributed by atoms with Gasteiger partial charge >= 0.3 is 0 Å². The van der Waals surface area contributed by atoms with Crippen molar-refractivity contribution in [2.45, 2.75) is 24.8 Å². The number of aryl methyl sites for hydroxylation is 1. The highest BCUT2D eigenvalue weighted by atomic mass is 32.1. The fourth-order valence-electron chi connectivity index (χ4n) is 1.86. The Labute approximate surface area is 123 Å². The first-order valence-electron chi connectivity index (χ1n) is 6.44. The van der Waals surface area contributed by atoms with Crippen LogP contribution in [0.5, 0.6) is 0 Å². The standard InChI is InChI=1S/C16H16FNOS/c1-2-11-3-5-12(6-4-11)10-18-16(19)14-9-13(20)7-8-15(14)17/h3-9,20H,2,10H2,1H3,(H,18,19). The van der Waals surface area contributed by atoms with Crippen LogP contribution in [0.25, 0.3) is 0 Å². The average Bonchev–Trinajstić information content (AvgIpc) is 2.47. The van der Waals surface area contributed by atoms with Crippen molar-refractivity contribution >= 4 is 18.5 Å². The predicted molar refractivity (Wildman–Crippen MR) is 80.6 cm³/mol. The van der Waals surface area contributed by atoms with Crippen LogP contribution < -0.4 is 5.32 Å². The molecule has 0 bridgehead atoms. The molecule has 0 radical (unpaired) electrons. The van der Waals surface area contributed by atoms with Crippen molar-refractivity contribution in [2.24, 2.45) is 0 Å². The topological polar surface area (TPSA) is 29.1 Å².